The number of rotatable bonds is 8. The number of methoxy groups -OCH3 is 1. The van der Waals surface area contributed by atoms with E-state index in [4.69, 9.17) is 26.4 Å². The highest BCUT2D eigenvalue weighted by Gasteiger charge is 2.34. The Morgan fingerprint density at radius 1 is 1.27 bits per heavy atom. The molecule has 1 aliphatic heterocycles. The van der Waals surface area contributed by atoms with Gasteiger partial charge in [0.15, 0.2) is 5.11 Å². The van der Waals surface area contributed by atoms with E-state index in [1.807, 2.05) is 13.8 Å². The summed E-state index contributed by atoms with van der Waals surface area (Å²) < 4.78 is 15.4. The molecule has 9 nitrogen and oxygen atoms in total. The minimum Gasteiger partial charge on any atom is -0.491 e. The van der Waals surface area contributed by atoms with Crippen LogP contribution in [0.2, 0.25) is 0 Å². The highest BCUT2D eigenvalue weighted by Crippen LogP contribution is 2.15. The maximum absolute atomic E-state index is 12.5. The number of carbonyl (C=O) groups is 3. The van der Waals surface area contributed by atoms with Gasteiger partial charge in [0, 0.05) is 25.8 Å². The molecule has 0 spiro atoms. The third kappa shape index (κ3) is 6.96. The van der Waals surface area contributed by atoms with E-state index in [9.17, 15) is 14.4 Å². The summed E-state index contributed by atoms with van der Waals surface area (Å²) in [4.78, 5) is 38.4. The Balaban J connectivity index is 1.99. The summed E-state index contributed by atoms with van der Waals surface area (Å²) in [5.74, 6) is -0.655. The average Bonchev–Trinajstić information content (AvgIpc) is 2.69. The minimum absolute atomic E-state index is 0.0284. The zero-order valence-electron chi connectivity index (χ0n) is 17.3. The molecule has 1 aromatic carbocycles. The molecule has 2 amide bonds. The van der Waals surface area contributed by atoms with Crippen LogP contribution in [0.4, 0.5) is 0 Å². The fourth-order valence-electron chi connectivity index (χ4n) is 2.81. The predicted octanol–water partition coefficient (Wildman–Crippen LogP) is 0.869. The molecule has 1 saturated heterocycles. The molecule has 0 aliphatic carbocycles. The number of benzene rings is 1. The number of hydrogen-bond acceptors (Lipinski definition) is 7. The van der Waals surface area contributed by atoms with E-state index in [-0.39, 0.29) is 36.8 Å². The van der Waals surface area contributed by atoms with Gasteiger partial charge in [0.05, 0.1) is 19.1 Å². The summed E-state index contributed by atoms with van der Waals surface area (Å²) in [6.45, 7) is 4.91. The molecule has 1 aromatic rings. The molecule has 1 fully saturated rings. The summed E-state index contributed by atoms with van der Waals surface area (Å²) in [6.07, 6.45) is -0.159. The lowest BCUT2D eigenvalue weighted by molar-refractivity contribution is -0.148. The van der Waals surface area contributed by atoms with Crippen LogP contribution in [0.15, 0.2) is 24.3 Å². The maximum Gasteiger partial charge on any atom is 0.308 e. The molecule has 2 rings (SSSR count). The van der Waals surface area contributed by atoms with Gasteiger partial charge in [-0.1, -0.05) is 0 Å². The fraction of sp³-hybridized carbons (Fsp3) is 0.500. The molecule has 10 heteroatoms. The van der Waals surface area contributed by atoms with Gasteiger partial charge in [-0.05, 0) is 50.3 Å². The zero-order valence-corrected chi connectivity index (χ0v) is 18.1. The summed E-state index contributed by atoms with van der Waals surface area (Å²) in [6, 6.07) is 5.80. The van der Waals surface area contributed by atoms with Crippen LogP contribution in [0.3, 0.4) is 0 Å². The topological polar surface area (TPSA) is 106 Å². The van der Waals surface area contributed by atoms with E-state index in [1.165, 1.54) is 12.0 Å². The van der Waals surface area contributed by atoms with Gasteiger partial charge in [0.2, 0.25) is 5.91 Å². The van der Waals surface area contributed by atoms with Crippen molar-refractivity contribution in [2.45, 2.75) is 32.4 Å². The molecule has 1 aliphatic rings. The van der Waals surface area contributed by atoms with E-state index >= 15 is 0 Å². The van der Waals surface area contributed by atoms with E-state index in [1.54, 1.807) is 24.3 Å². The van der Waals surface area contributed by atoms with Crippen LogP contribution in [-0.2, 0) is 19.1 Å². The average molecular weight is 438 g/mol. The van der Waals surface area contributed by atoms with Crippen molar-refractivity contribution in [3.8, 4) is 5.75 Å². The zero-order chi connectivity index (χ0) is 22.1. The van der Waals surface area contributed by atoms with Gasteiger partial charge in [-0.15, -0.1) is 0 Å². The molecular weight excluding hydrogens is 410 g/mol. The van der Waals surface area contributed by atoms with E-state index in [2.05, 4.69) is 10.6 Å². The Morgan fingerprint density at radius 3 is 2.60 bits per heavy atom. The number of hydrogen-bond donors (Lipinski definition) is 2. The van der Waals surface area contributed by atoms with Crippen LogP contribution in [0.5, 0.6) is 5.75 Å². The highest BCUT2D eigenvalue weighted by atomic mass is 32.1. The first kappa shape index (κ1) is 23.6. The first-order valence-electron chi connectivity index (χ1n) is 9.62. The third-order valence-electron chi connectivity index (χ3n) is 4.21. The summed E-state index contributed by atoms with van der Waals surface area (Å²) >= 11 is 5.34. The number of nitrogens with zero attached hydrogens (tertiary/aromatic N) is 1. The molecular formula is C20H27N3O6S. The van der Waals surface area contributed by atoms with Crippen molar-refractivity contribution < 1.29 is 28.6 Å². The predicted molar refractivity (Wildman–Crippen MR) is 113 cm³/mol. The molecule has 0 radical (unpaired) electrons. The summed E-state index contributed by atoms with van der Waals surface area (Å²) in [5, 5.41) is 5.40. The summed E-state index contributed by atoms with van der Waals surface area (Å²) in [5.41, 5.74) is 0.394. The van der Waals surface area contributed by atoms with Crippen molar-refractivity contribution in [2.75, 3.05) is 33.4 Å². The Morgan fingerprint density at radius 2 is 1.97 bits per heavy atom. The number of carbonyl (C=O) groups excluding carboxylic acids is 3. The standard InChI is InChI=1S/C20H27N3O6S/c1-13(2)29-15-6-4-14(5-7-15)18(25)22-20(30)23-9-8-21-19(26)16(23)12-17(24)28-11-10-27-3/h4-7,13,16H,8-12H2,1-3H3,(H,21,26)(H,22,25,30). The van der Waals surface area contributed by atoms with Crippen molar-refractivity contribution in [2.24, 2.45) is 0 Å². The van der Waals surface area contributed by atoms with Gasteiger partial charge in [-0.25, -0.2) is 0 Å². The minimum atomic E-state index is -0.858. The second-order valence-electron chi connectivity index (χ2n) is 6.87. The number of nitrogens with one attached hydrogen (secondary N) is 2. The van der Waals surface area contributed by atoms with Gasteiger partial charge in [-0.3, -0.25) is 19.7 Å². The van der Waals surface area contributed by atoms with Gasteiger partial charge in [0.25, 0.3) is 5.91 Å². The Bertz CT molecular complexity index is 768. The van der Waals surface area contributed by atoms with E-state index < -0.39 is 17.9 Å². The van der Waals surface area contributed by atoms with Crippen LogP contribution in [0.1, 0.15) is 30.6 Å². The molecule has 0 bridgehead atoms. The normalized spacial score (nSPS) is 16.1. The molecule has 0 saturated carbocycles. The van der Waals surface area contributed by atoms with Crippen LogP contribution >= 0.6 is 12.2 Å². The van der Waals surface area contributed by atoms with Crippen LogP contribution in [0.25, 0.3) is 0 Å². The Hall–Kier alpha value is -2.72. The lowest BCUT2D eigenvalue weighted by atomic mass is 10.1. The lowest BCUT2D eigenvalue weighted by Gasteiger charge is -2.36. The van der Waals surface area contributed by atoms with Gasteiger partial charge >= 0.3 is 5.97 Å². The Kier molecular flexibility index (Phi) is 9.00. The van der Waals surface area contributed by atoms with Gasteiger partial charge < -0.3 is 24.4 Å². The smallest absolute Gasteiger partial charge is 0.308 e. The molecule has 1 heterocycles. The number of piperazine rings is 1. The highest BCUT2D eigenvalue weighted by molar-refractivity contribution is 7.80. The summed E-state index contributed by atoms with van der Waals surface area (Å²) in [7, 11) is 1.50. The van der Waals surface area contributed by atoms with Crippen molar-refractivity contribution >= 4 is 35.1 Å². The number of amides is 2. The lowest BCUT2D eigenvalue weighted by Crippen LogP contribution is -2.60. The van der Waals surface area contributed by atoms with Crippen molar-refractivity contribution in [3.63, 3.8) is 0 Å². The number of ether oxygens (including phenoxy) is 3. The number of esters is 1. The van der Waals surface area contributed by atoms with Crippen LogP contribution in [0, 0.1) is 0 Å². The Labute approximate surface area is 181 Å². The maximum atomic E-state index is 12.5. The fourth-order valence-corrected chi connectivity index (χ4v) is 3.13. The molecule has 2 N–H and O–H groups in total. The SMILES string of the molecule is COCCOC(=O)CC1C(=O)NCCN1C(=S)NC(=O)c1ccc(OC(C)C)cc1. The van der Waals surface area contributed by atoms with E-state index in [0.29, 0.717) is 24.4 Å². The molecule has 164 valence electrons. The van der Waals surface area contributed by atoms with E-state index in [0.717, 1.165) is 0 Å². The third-order valence-corrected chi connectivity index (χ3v) is 4.55. The monoisotopic (exact) mass is 437 g/mol. The second-order valence-corrected chi connectivity index (χ2v) is 7.25. The quantitative estimate of drug-likeness (QED) is 0.351. The van der Waals surface area contributed by atoms with Gasteiger partial charge in [-0.2, -0.15) is 0 Å². The van der Waals surface area contributed by atoms with Gasteiger partial charge in [0.1, 0.15) is 18.4 Å². The number of thiocarbonyl (C=S) groups is 1. The first-order valence-corrected chi connectivity index (χ1v) is 10.0. The second kappa shape index (κ2) is 11.5. The molecule has 0 aromatic heterocycles. The molecule has 1 atom stereocenters. The van der Waals surface area contributed by atoms with Crippen molar-refractivity contribution in [1.82, 2.24) is 15.5 Å². The largest absolute Gasteiger partial charge is 0.491 e. The molecule has 30 heavy (non-hydrogen) atoms. The molecule has 1 unspecified atom stereocenters. The van der Waals surface area contributed by atoms with Crippen molar-refractivity contribution in [1.29, 1.82) is 0 Å². The van der Waals surface area contributed by atoms with Crippen LogP contribution < -0.4 is 15.4 Å². The van der Waals surface area contributed by atoms with Crippen LogP contribution in [-0.4, -0.2) is 73.4 Å². The first-order chi connectivity index (χ1) is 14.3. The van der Waals surface area contributed by atoms with Crippen molar-refractivity contribution in [3.05, 3.63) is 29.8 Å².